The van der Waals surface area contributed by atoms with Gasteiger partial charge in [0.15, 0.2) is 0 Å². The Morgan fingerprint density at radius 1 is 1.23 bits per heavy atom. The summed E-state index contributed by atoms with van der Waals surface area (Å²) in [5.41, 5.74) is 1.51. The van der Waals surface area contributed by atoms with Gasteiger partial charge >= 0.3 is 0 Å². The van der Waals surface area contributed by atoms with Crippen LogP contribution < -0.4 is 15.6 Å². The van der Waals surface area contributed by atoms with Gasteiger partial charge in [0.1, 0.15) is 23.2 Å². The molecule has 0 saturated heterocycles. The Balaban J connectivity index is 1.55. The highest BCUT2D eigenvalue weighted by Gasteiger charge is 2.19. The van der Waals surface area contributed by atoms with Crippen molar-refractivity contribution in [3.63, 3.8) is 0 Å². The lowest BCUT2D eigenvalue weighted by Gasteiger charge is -2.07. The van der Waals surface area contributed by atoms with E-state index in [0.29, 0.717) is 22.9 Å². The van der Waals surface area contributed by atoms with Crippen molar-refractivity contribution >= 4 is 28.6 Å². The molecule has 31 heavy (non-hydrogen) atoms. The highest BCUT2D eigenvalue weighted by atomic mass is 35.5. The first-order valence-corrected chi connectivity index (χ1v) is 9.94. The average molecular weight is 439 g/mol. The van der Waals surface area contributed by atoms with Crippen molar-refractivity contribution < 1.29 is 14.1 Å². The van der Waals surface area contributed by atoms with E-state index in [2.05, 4.69) is 15.5 Å². The van der Waals surface area contributed by atoms with Crippen LogP contribution in [0.5, 0.6) is 5.75 Å². The molecule has 2 aromatic carbocycles. The molecule has 0 unspecified atom stereocenters. The number of carbonyl (C=O) groups excluding carboxylic acids is 1. The number of halogens is 1. The number of amides is 1. The van der Waals surface area contributed by atoms with Gasteiger partial charge < -0.3 is 14.6 Å². The molecule has 4 aromatic rings. The van der Waals surface area contributed by atoms with Crippen molar-refractivity contribution in [2.45, 2.75) is 19.5 Å². The van der Waals surface area contributed by atoms with E-state index >= 15 is 0 Å². The number of carbonyl (C=O) groups is 1. The highest BCUT2D eigenvalue weighted by molar-refractivity contribution is 6.33. The summed E-state index contributed by atoms with van der Waals surface area (Å²) in [4.78, 5) is 29.4. The molecule has 1 amide bonds. The van der Waals surface area contributed by atoms with E-state index in [1.807, 2.05) is 30.3 Å². The summed E-state index contributed by atoms with van der Waals surface area (Å²) in [6.45, 7) is 0.592. The topological polar surface area (TPSA) is 99.2 Å². The Hall–Kier alpha value is -3.65. The Morgan fingerprint density at radius 2 is 2.03 bits per heavy atom. The summed E-state index contributed by atoms with van der Waals surface area (Å²) >= 11 is 6.31. The molecule has 0 fully saturated rings. The van der Waals surface area contributed by atoms with E-state index in [0.717, 1.165) is 5.56 Å². The molecular weight excluding hydrogens is 420 g/mol. The maximum atomic E-state index is 13.1. The summed E-state index contributed by atoms with van der Waals surface area (Å²) in [6.07, 6.45) is 1.47. The van der Waals surface area contributed by atoms with Crippen LogP contribution in [0.4, 0.5) is 0 Å². The van der Waals surface area contributed by atoms with Gasteiger partial charge in [-0.15, -0.1) is 0 Å². The minimum atomic E-state index is -0.365. The van der Waals surface area contributed by atoms with Crippen LogP contribution in [0.2, 0.25) is 5.02 Å². The second-order valence-electron chi connectivity index (χ2n) is 6.81. The predicted octanol–water partition coefficient (Wildman–Crippen LogP) is 3.42. The van der Waals surface area contributed by atoms with Gasteiger partial charge in [0.25, 0.3) is 11.3 Å². The zero-order valence-corrected chi connectivity index (χ0v) is 17.4. The lowest BCUT2D eigenvalue weighted by molar-refractivity contribution is -0.121. The van der Waals surface area contributed by atoms with Crippen LogP contribution >= 0.6 is 11.6 Å². The van der Waals surface area contributed by atoms with E-state index in [1.165, 1.54) is 18.0 Å². The van der Waals surface area contributed by atoms with Crippen molar-refractivity contribution in [3.8, 4) is 17.0 Å². The number of aryl methyl sites for hydroxylation is 1. The van der Waals surface area contributed by atoms with Gasteiger partial charge in [-0.1, -0.05) is 47.1 Å². The first-order valence-electron chi connectivity index (χ1n) is 9.56. The largest absolute Gasteiger partial charge is 0.497 e. The van der Waals surface area contributed by atoms with Crippen LogP contribution in [-0.4, -0.2) is 27.7 Å². The maximum Gasteiger partial charge on any atom is 0.266 e. The van der Waals surface area contributed by atoms with Crippen LogP contribution in [0.25, 0.3) is 22.4 Å². The van der Waals surface area contributed by atoms with E-state index in [1.54, 1.807) is 18.2 Å². The molecule has 0 aliphatic carbocycles. The molecule has 9 heteroatoms. The van der Waals surface area contributed by atoms with Gasteiger partial charge in [-0.25, -0.2) is 4.98 Å². The zero-order valence-electron chi connectivity index (χ0n) is 16.7. The van der Waals surface area contributed by atoms with Crippen LogP contribution in [0.1, 0.15) is 12.0 Å². The molecule has 0 aliphatic heterocycles. The third-order valence-corrected chi connectivity index (χ3v) is 5.13. The standard InChI is InChI=1S/C22H19ClN4O4/c1-30-15-7-8-17(23)16(11-15)20-19-21(31-26-20)25-13-27(22(19)29)10-9-18(28)24-12-14-5-3-2-4-6-14/h2-8,11,13H,9-10,12H2,1H3,(H,24,28). The second-order valence-corrected chi connectivity index (χ2v) is 7.22. The molecule has 0 saturated carbocycles. The van der Waals surface area contributed by atoms with E-state index < -0.39 is 0 Å². The second kappa shape index (κ2) is 9.01. The van der Waals surface area contributed by atoms with Gasteiger partial charge in [-0.05, 0) is 23.8 Å². The molecule has 8 nitrogen and oxygen atoms in total. The molecule has 158 valence electrons. The van der Waals surface area contributed by atoms with Gasteiger partial charge in [0, 0.05) is 25.1 Å². The molecule has 1 N–H and O–H groups in total. The molecule has 0 aliphatic rings. The van der Waals surface area contributed by atoms with E-state index in [4.69, 9.17) is 20.9 Å². The normalized spacial score (nSPS) is 10.9. The van der Waals surface area contributed by atoms with Crippen molar-refractivity contribution in [1.82, 2.24) is 20.0 Å². The van der Waals surface area contributed by atoms with Crippen molar-refractivity contribution in [2.24, 2.45) is 0 Å². The van der Waals surface area contributed by atoms with Gasteiger partial charge in [0.2, 0.25) is 5.91 Å². The predicted molar refractivity (Wildman–Crippen MR) is 116 cm³/mol. The number of aromatic nitrogens is 3. The number of fused-ring (bicyclic) bond motifs is 1. The SMILES string of the molecule is COc1ccc(Cl)c(-c2noc3ncn(CCC(=O)NCc4ccccc4)c(=O)c23)c1. The number of nitrogens with zero attached hydrogens (tertiary/aromatic N) is 3. The van der Waals surface area contributed by atoms with Crippen molar-refractivity contribution in [1.29, 1.82) is 0 Å². The number of benzene rings is 2. The average Bonchev–Trinajstić information content (AvgIpc) is 3.23. The fourth-order valence-corrected chi connectivity index (χ4v) is 3.35. The van der Waals surface area contributed by atoms with Crippen molar-refractivity contribution in [3.05, 3.63) is 75.8 Å². The first-order chi connectivity index (χ1) is 15.1. The molecule has 2 heterocycles. The van der Waals surface area contributed by atoms with E-state index in [-0.39, 0.29) is 41.2 Å². The monoisotopic (exact) mass is 438 g/mol. The van der Waals surface area contributed by atoms with Crippen molar-refractivity contribution in [2.75, 3.05) is 7.11 Å². The summed E-state index contributed by atoms with van der Waals surface area (Å²) < 4.78 is 11.8. The molecule has 2 aromatic heterocycles. The molecule has 0 bridgehead atoms. The number of methoxy groups -OCH3 is 1. The first kappa shape index (κ1) is 20.6. The summed E-state index contributed by atoms with van der Waals surface area (Å²) in [5, 5.41) is 7.42. The number of nitrogens with one attached hydrogen (secondary N) is 1. The smallest absolute Gasteiger partial charge is 0.266 e. The Labute approximate surface area is 182 Å². The number of hydrogen-bond donors (Lipinski definition) is 1. The van der Waals surface area contributed by atoms with Crippen LogP contribution in [0.15, 0.2) is 64.2 Å². The highest BCUT2D eigenvalue weighted by Crippen LogP contribution is 2.33. The minimum Gasteiger partial charge on any atom is -0.497 e. The third kappa shape index (κ3) is 4.44. The minimum absolute atomic E-state index is 0.101. The molecule has 0 radical (unpaired) electrons. The zero-order chi connectivity index (χ0) is 21.8. The van der Waals surface area contributed by atoms with Crippen LogP contribution in [0.3, 0.4) is 0 Å². The fourth-order valence-electron chi connectivity index (χ4n) is 3.14. The Bertz CT molecular complexity index is 1280. The quantitative estimate of drug-likeness (QED) is 0.474. The lowest BCUT2D eigenvalue weighted by atomic mass is 10.1. The summed E-state index contributed by atoms with van der Waals surface area (Å²) in [7, 11) is 1.53. The summed E-state index contributed by atoms with van der Waals surface area (Å²) in [5.74, 6) is 0.395. The van der Waals surface area contributed by atoms with E-state index in [9.17, 15) is 9.59 Å². The van der Waals surface area contributed by atoms with Gasteiger partial charge in [-0.3, -0.25) is 14.2 Å². The molecule has 4 rings (SSSR count). The van der Waals surface area contributed by atoms with Crippen LogP contribution in [0, 0.1) is 0 Å². The number of rotatable bonds is 7. The Morgan fingerprint density at radius 3 is 2.81 bits per heavy atom. The van der Waals surface area contributed by atoms with Gasteiger partial charge in [-0.2, -0.15) is 0 Å². The molecule has 0 atom stereocenters. The fraction of sp³-hybridized carbons (Fsp3) is 0.182. The molecular formula is C22H19ClN4O4. The van der Waals surface area contributed by atoms with Crippen LogP contribution in [-0.2, 0) is 17.9 Å². The number of hydrogen-bond acceptors (Lipinski definition) is 6. The number of ether oxygens (including phenoxy) is 1. The molecule has 0 spiro atoms. The maximum absolute atomic E-state index is 13.1. The lowest BCUT2D eigenvalue weighted by Crippen LogP contribution is -2.27. The van der Waals surface area contributed by atoms with Gasteiger partial charge in [0.05, 0.1) is 12.1 Å². The Kier molecular flexibility index (Phi) is 5.99. The summed E-state index contributed by atoms with van der Waals surface area (Å²) in [6, 6.07) is 14.6. The third-order valence-electron chi connectivity index (χ3n) is 4.80.